The molecule has 0 bridgehead atoms. The Hall–Kier alpha value is -2.60. The van der Waals surface area contributed by atoms with Crippen molar-refractivity contribution < 1.29 is 19.1 Å². The molecule has 0 spiro atoms. The lowest BCUT2D eigenvalue weighted by atomic mass is 10.1. The highest BCUT2D eigenvalue weighted by Gasteiger charge is 2.21. The number of carbonyl (C=O) groups excluding carboxylic acids is 3. The summed E-state index contributed by atoms with van der Waals surface area (Å²) in [5.74, 6) is -0.413. The number of benzene rings is 2. The highest BCUT2D eigenvalue weighted by atomic mass is 32.2. The molecule has 1 amide bonds. The van der Waals surface area contributed by atoms with Crippen molar-refractivity contribution in [2.45, 2.75) is 31.6 Å². The second kappa shape index (κ2) is 9.06. The van der Waals surface area contributed by atoms with Gasteiger partial charge in [0.05, 0.1) is 5.75 Å². The van der Waals surface area contributed by atoms with Crippen LogP contribution in [0.5, 0.6) is 0 Å². The molecule has 3 rings (SSSR count). The first kappa shape index (κ1) is 20.1. The number of carbonyl (C=O) groups is 3. The summed E-state index contributed by atoms with van der Waals surface area (Å²) in [6.45, 7) is 4.45. The molecule has 1 saturated heterocycles. The first-order valence-corrected chi connectivity index (χ1v) is 10.2. The van der Waals surface area contributed by atoms with Crippen LogP contribution in [0, 0.1) is 13.8 Å². The van der Waals surface area contributed by atoms with Crippen LogP contribution in [0.1, 0.15) is 34.3 Å². The van der Waals surface area contributed by atoms with Crippen LogP contribution < -0.4 is 4.90 Å². The maximum atomic E-state index is 12.2. The van der Waals surface area contributed by atoms with E-state index in [1.165, 1.54) is 17.3 Å². The summed E-state index contributed by atoms with van der Waals surface area (Å²) in [5.41, 5.74) is 3.55. The Morgan fingerprint density at radius 2 is 1.86 bits per heavy atom. The number of thioether (sulfide) groups is 1. The number of amides is 1. The number of esters is 1. The van der Waals surface area contributed by atoms with Crippen LogP contribution in [-0.2, 0) is 14.3 Å². The zero-order valence-corrected chi connectivity index (χ0v) is 16.9. The topological polar surface area (TPSA) is 63.7 Å². The summed E-state index contributed by atoms with van der Waals surface area (Å²) in [5, 5.41) is 0. The Morgan fingerprint density at radius 3 is 2.50 bits per heavy atom. The van der Waals surface area contributed by atoms with Crippen molar-refractivity contribution >= 4 is 35.1 Å². The van der Waals surface area contributed by atoms with Gasteiger partial charge < -0.3 is 9.64 Å². The molecule has 0 N–H and O–H groups in total. The van der Waals surface area contributed by atoms with Crippen molar-refractivity contribution in [3.8, 4) is 0 Å². The second-order valence-corrected chi connectivity index (χ2v) is 7.85. The monoisotopic (exact) mass is 397 g/mol. The van der Waals surface area contributed by atoms with E-state index in [1.54, 1.807) is 29.2 Å². The van der Waals surface area contributed by atoms with Crippen molar-refractivity contribution in [2.75, 3.05) is 23.8 Å². The minimum absolute atomic E-state index is 0.106. The van der Waals surface area contributed by atoms with Crippen LogP contribution in [0.4, 0.5) is 5.69 Å². The molecule has 1 fully saturated rings. The number of hydrogen-bond acceptors (Lipinski definition) is 5. The molecule has 0 saturated carbocycles. The van der Waals surface area contributed by atoms with E-state index in [0.29, 0.717) is 18.5 Å². The maximum Gasteiger partial charge on any atom is 0.316 e. The molecule has 0 atom stereocenters. The zero-order chi connectivity index (χ0) is 20.1. The van der Waals surface area contributed by atoms with Gasteiger partial charge in [-0.25, -0.2) is 0 Å². The van der Waals surface area contributed by atoms with Gasteiger partial charge in [0.2, 0.25) is 5.91 Å². The number of ketones is 1. The molecule has 2 aromatic rings. The fourth-order valence-corrected chi connectivity index (χ4v) is 3.92. The average Bonchev–Trinajstić information content (AvgIpc) is 3.11. The summed E-state index contributed by atoms with van der Waals surface area (Å²) in [4.78, 5) is 38.7. The van der Waals surface area contributed by atoms with E-state index in [0.717, 1.165) is 22.6 Å². The molecule has 0 aliphatic carbocycles. The summed E-state index contributed by atoms with van der Waals surface area (Å²) in [6, 6.07) is 12.9. The number of hydrogen-bond donors (Lipinski definition) is 0. The van der Waals surface area contributed by atoms with E-state index in [9.17, 15) is 14.4 Å². The molecule has 2 aromatic carbocycles. The summed E-state index contributed by atoms with van der Waals surface area (Å²) in [7, 11) is 0. The van der Waals surface area contributed by atoms with Crippen LogP contribution in [-0.4, -0.2) is 36.6 Å². The molecule has 146 valence electrons. The first-order chi connectivity index (χ1) is 13.4. The highest BCUT2D eigenvalue weighted by molar-refractivity contribution is 8.00. The van der Waals surface area contributed by atoms with Crippen molar-refractivity contribution in [1.82, 2.24) is 0 Å². The molecule has 5 nitrogen and oxygen atoms in total. The van der Waals surface area contributed by atoms with Gasteiger partial charge in [-0.2, -0.15) is 0 Å². The number of anilines is 1. The SMILES string of the molecule is Cc1ccc(SCC(=O)OCC(=O)c2ccc(N3CCCC3=O)cc2)c(C)c1. The average molecular weight is 397 g/mol. The van der Waals surface area contributed by atoms with Gasteiger partial charge in [-0.05, 0) is 56.2 Å². The number of Topliss-reactive ketones (excluding diaryl/α,β-unsaturated/α-hetero) is 1. The zero-order valence-electron chi connectivity index (χ0n) is 16.1. The van der Waals surface area contributed by atoms with Crippen molar-refractivity contribution in [2.24, 2.45) is 0 Å². The second-order valence-electron chi connectivity index (χ2n) is 6.84. The molecule has 1 heterocycles. The van der Waals surface area contributed by atoms with Crippen molar-refractivity contribution in [3.63, 3.8) is 0 Å². The summed E-state index contributed by atoms with van der Waals surface area (Å²) < 4.78 is 5.12. The molecule has 0 radical (unpaired) electrons. The van der Waals surface area contributed by atoms with Gasteiger partial charge in [0, 0.05) is 29.1 Å². The standard InChI is InChI=1S/C22H23NO4S/c1-15-5-10-20(16(2)12-15)28-14-22(26)27-13-19(24)17-6-8-18(9-7-17)23-11-3-4-21(23)25/h5-10,12H,3-4,11,13-14H2,1-2H3. The van der Waals surface area contributed by atoms with Crippen molar-refractivity contribution in [3.05, 3.63) is 59.2 Å². The molecule has 28 heavy (non-hydrogen) atoms. The van der Waals surface area contributed by atoms with Gasteiger partial charge in [0.25, 0.3) is 0 Å². The van der Waals surface area contributed by atoms with E-state index < -0.39 is 5.97 Å². The maximum absolute atomic E-state index is 12.2. The minimum Gasteiger partial charge on any atom is -0.457 e. The normalized spacial score (nSPS) is 13.6. The molecule has 1 aliphatic heterocycles. The molecule has 6 heteroatoms. The van der Waals surface area contributed by atoms with Gasteiger partial charge in [-0.15, -0.1) is 11.8 Å². The molecule has 1 aliphatic rings. The highest BCUT2D eigenvalue weighted by Crippen LogP contribution is 2.24. The molecular weight excluding hydrogens is 374 g/mol. The Labute approximate surface area is 169 Å². The van der Waals surface area contributed by atoms with E-state index >= 15 is 0 Å². The largest absolute Gasteiger partial charge is 0.457 e. The third-order valence-electron chi connectivity index (χ3n) is 4.61. The van der Waals surface area contributed by atoms with Gasteiger partial charge in [0.1, 0.15) is 0 Å². The predicted octanol–water partition coefficient (Wildman–Crippen LogP) is 3.95. The Morgan fingerprint density at radius 1 is 1.11 bits per heavy atom. The van der Waals surface area contributed by atoms with Gasteiger partial charge in [-0.1, -0.05) is 17.7 Å². The van der Waals surface area contributed by atoms with Crippen LogP contribution in [0.3, 0.4) is 0 Å². The van der Waals surface area contributed by atoms with Crippen LogP contribution in [0.15, 0.2) is 47.4 Å². The molecule has 0 unspecified atom stereocenters. The van der Waals surface area contributed by atoms with E-state index in [4.69, 9.17) is 4.74 Å². The van der Waals surface area contributed by atoms with Crippen LogP contribution in [0.2, 0.25) is 0 Å². The van der Waals surface area contributed by atoms with E-state index in [1.807, 2.05) is 26.0 Å². The Balaban J connectivity index is 1.48. The lowest BCUT2D eigenvalue weighted by molar-refractivity contribution is -0.139. The molecule has 0 aromatic heterocycles. The Bertz CT molecular complexity index is 892. The minimum atomic E-state index is -0.419. The first-order valence-electron chi connectivity index (χ1n) is 9.23. The molecular formula is C22H23NO4S. The van der Waals surface area contributed by atoms with E-state index in [2.05, 4.69) is 6.07 Å². The lowest BCUT2D eigenvalue weighted by Crippen LogP contribution is -2.23. The number of nitrogens with zero attached hydrogens (tertiary/aromatic N) is 1. The van der Waals surface area contributed by atoms with Gasteiger partial charge in [-0.3, -0.25) is 14.4 Å². The smallest absolute Gasteiger partial charge is 0.316 e. The fourth-order valence-electron chi connectivity index (χ4n) is 3.12. The fraction of sp³-hybridized carbons (Fsp3) is 0.318. The number of rotatable bonds is 7. The number of aryl methyl sites for hydroxylation is 2. The predicted molar refractivity (Wildman–Crippen MR) is 110 cm³/mol. The Kier molecular flexibility index (Phi) is 6.52. The third-order valence-corrected chi connectivity index (χ3v) is 5.76. The van der Waals surface area contributed by atoms with Crippen LogP contribution in [0.25, 0.3) is 0 Å². The quantitative estimate of drug-likeness (QED) is 0.402. The van der Waals surface area contributed by atoms with E-state index in [-0.39, 0.29) is 24.1 Å². The van der Waals surface area contributed by atoms with Gasteiger partial charge >= 0.3 is 5.97 Å². The lowest BCUT2D eigenvalue weighted by Gasteiger charge is -2.15. The number of ether oxygens (including phenoxy) is 1. The summed E-state index contributed by atoms with van der Waals surface area (Å²) >= 11 is 1.40. The van der Waals surface area contributed by atoms with Crippen molar-refractivity contribution in [1.29, 1.82) is 0 Å². The van der Waals surface area contributed by atoms with Crippen LogP contribution >= 0.6 is 11.8 Å². The van der Waals surface area contributed by atoms with Gasteiger partial charge in [0.15, 0.2) is 12.4 Å². The summed E-state index contributed by atoms with van der Waals surface area (Å²) in [6.07, 6.45) is 1.42. The third kappa shape index (κ3) is 5.01.